The highest BCUT2D eigenvalue weighted by atomic mass is 35.5. The van der Waals surface area contributed by atoms with E-state index < -0.39 is 0 Å². The Labute approximate surface area is 162 Å². The molecule has 0 bridgehead atoms. The van der Waals surface area contributed by atoms with Crippen LogP contribution in [0, 0.1) is 0 Å². The van der Waals surface area contributed by atoms with E-state index in [0.717, 1.165) is 10.2 Å². The van der Waals surface area contributed by atoms with Crippen molar-refractivity contribution >= 4 is 23.4 Å². The molecule has 0 saturated heterocycles. The van der Waals surface area contributed by atoms with Crippen LogP contribution in [0.15, 0.2) is 59.8 Å². The van der Waals surface area contributed by atoms with Crippen LogP contribution in [0.4, 0.5) is 0 Å². The Hall–Kier alpha value is -1.78. The van der Waals surface area contributed by atoms with Crippen molar-refractivity contribution in [1.82, 2.24) is 14.8 Å². The number of aromatic nitrogens is 3. The summed E-state index contributed by atoms with van der Waals surface area (Å²) in [5, 5.41) is 11.2. The van der Waals surface area contributed by atoms with E-state index >= 15 is 0 Å². The second-order valence-corrected chi connectivity index (χ2v) is 8.69. The summed E-state index contributed by atoms with van der Waals surface area (Å²) in [4.78, 5) is 0. The van der Waals surface area contributed by atoms with Gasteiger partial charge in [0.1, 0.15) is 5.82 Å². The van der Waals surface area contributed by atoms with Crippen LogP contribution in [0.2, 0.25) is 5.02 Å². The number of halogens is 1. The van der Waals surface area contributed by atoms with Gasteiger partial charge in [-0.05, 0) is 48.9 Å². The highest BCUT2D eigenvalue weighted by Crippen LogP contribution is 2.48. The molecule has 0 radical (unpaired) electrons. The molecule has 26 heavy (non-hydrogen) atoms. The molecule has 1 heterocycles. The molecule has 3 aromatic rings. The van der Waals surface area contributed by atoms with Crippen molar-refractivity contribution < 1.29 is 0 Å². The Bertz CT molecular complexity index is 899. The smallest absolute Gasteiger partial charge is 0.192 e. The summed E-state index contributed by atoms with van der Waals surface area (Å²) in [6.45, 7) is 0. The zero-order valence-corrected chi connectivity index (χ0v) is 16.0. The van der Waals surface area contributed by atoms with Crippen LogP contribution in [0.25, 0.3) is 0 Å². The maximum Gasteiger partial charge on any atom is 0.192 e. The molecule has 2 aliphatic rings. The van der Waals surface area contributed by atoms with E-state index in [2.05, 4.69) is 57.2 Å². The molecule has 2 saturated carbocycles. The predicted octanol–water partition coefficient (Wildman–Crippen LogP) is 6.03. The van der Waals surface area contributed by atoms with Gasteiger partial charge >= 0.3 is 0 Å². The van der Waals surface area contributed by atoms with Gasteiger partial charge in [0.2, 0.25) is 0 Å². The van der Waals surface area contributed by atoms with Crippen molar-refractivity contribution in [3.05, 3.63) is 76.6 Å². The first kappa shape index (κ1) is 16.4. The second kappa shape index (κ2) is 6.75. The molecule has 3 nitrogen and oxygen atoms in total. The van der Waals surface area contributed by atoms with Gasteiger partial charge in [0, 0.05) is 17.0 Å². The average Bonchev–Trinajstić information content (AvgIpc) is 3.60. The van der Waals surface area contributed by atoms with Gasteiger partial charge in [-0.15, -0.1) is 10.2 Å². The van der Waals surface area contributed by atoms with Crippen molar-refractivity contribution in [2.24, 2.45) is 0 Å². The largest absolute Gasteiger partial charge is 0.303 e. The number of hydrogen-bond acceptors (Lipinski definition) is 3. The topological polar surface area (TPSA) is 30.7 Å². The first-order valence-corrected chi connectivity index (χ1v) is 10.5. The first-order chi connectivity index (χ1) is 12.8. The third kappa shape index (κ3) is 3.28. The quantitative estimate of drug-likeness (QED) is 0.488. The first-order valence-electron chi connectivity index (χ1n) is 9.21. The molecule has 1 aromatic heterocycles. The minimum absolute atomic E-state index is 0.183. The van der Waals surface area contributed by atoms with E-state index in [4.69, 9.17) is 11.6 Å². The summed E-state index contributed by atoms with van der Waals surface area (Å²) in [6.07, 6.45) is 5.02. The van der Waals surface area contributed by atoms with E-state index in [1.807, 2.05) is 23.9 Å². The van der Waals surface area contributed by atoms with Crippen LogP contribution in [0.5, 0.6) is 0 Å². The average molecular weight is 382 g/mol. The number of rotatable bonds is 6. The molecule has 2 fully saturated rings. The molecular weight excluding hydrogens is 362 g/mol. The lowest BCUT2D eigenvalue weighted by Gasteiger charge is -2.18. The minimum atomic E-state index is 0.183. The molecule has 0 N–H and O–H groups in total. The minimum Gasteiger partial charge on any atom is -0.303 e. The third-order valence-corrected chi connectivity index (χ3v) is 6.56. The van der Waals surface area contributed by atoms with Gasteiger partial charge in [-0.2, -0.15) is 0 Å². The number of benzene rings is 2. The van der Waals surface area contributed by atoms with Crippen LogP contribution < -0.4 is 0 Å². The SMILES string of the molecule is Clc1ccc([C@@H](Sc2nnc(C3CC3)n2C2CC2)c2ccccc2)cc1. The zero-order valence-electron chi connectivity index (χ0n) is 14.4. The van der Waals surface area contributed by atoms with Crippen LogP contribution in [-0.4, -0.2) is 14.8 Å². The van der Waals surface area contributed by atoms with Crippen molar-refractivity contribution in [2.75, 3.05) is 0 Å². The molecule has 0 unspecified atom stereocenters. The van der Waals surface area contributed by atoms with E-state index in [1.54, 1.807) is 0 Å². The van der Waals surface area contributed by atoms with E-state index in [9.17, 15) is 0 Å². The lowest BCUT2D eigenvalue weighted by molar-refractivity contribution is 0.626. The van der Waals surface area contributed by atoms with Gasteiger partial charge in [0.05, 0.1) is 5.25 Å². The molecule has 2 aliphatic carbocycles. The standard InChI is InChI=1S/C21H20ClN3S/c22-17-10-8-15(9-11-17)19(14-4-2-1-3-5-14)26-21-24-23-20(16-6-7-16)25(21)18-12-13-18/h1-5,8-11,16,18-19H,6-7,12-13H2/t19-/m0/s1. The molecule has 2 aromatic carbocycles. The van der Waals surface area contributed by atoms with E-state index in [-0.39, 0.29) is 5.25 Å². The normalized spacial score (nSPS) is 18.0. The van der Waals surface area contributed by atoms with Crippen LogP contribution in [0.1, 0.15) is 59.8 Å². The fourth-order valence-corrected chi connectivity index (χ4v) is 4.73. The van der Waals surface area contributed by atoms with Crippen LogP contribution in [-0.2, 0) is 0 Å². The number of thioether (sulfide) groups is 1. The number of hydrogen-bond donors (Lipinski definition) is 0. The van der Waals surface area contributed by atoms with Crippen molar-refractivity contribution in [3.63, 3.8) is 0 Å². The number of nitrogens with zero attached hydrogens (tertiary/aromatic N) is 3. The molecule has 5 rings (SSSR count). The fraction of sp³-hybridized carbons (Fsp3) is 0.333. The van der Waals surface area contributed by atoms with E-state index in [1.165, 1.54) is 42.6 Å². The molecule has 1 atom stereocenters. The lowest BCUT2D eigenvalue weighted by Crippen LogP contribution is -2.04. The Morgan fingerprint density at radius 1 is 0.885 bits per heavy atom. The van der Waals surface area contributed by atoms with Gasteiger partial charge < -0.3 is 4.57 Å². The Morgan fingerprint density at radius 3 is 2.23 bits per heavy atom. The van der Waals surface area contributed by atoms with Crippen molar-refractivity contribution in [1.29, 1.82) is 0 Å². The van der Waals surface area contributed by atoms with Gasteiger partial charge in [-0.1, -0.05) is 65.8 Å². The van der Waals surface area contributed by atoms with Crippen LogP contribution in [0.3, 0.4) is 0 Å². The summed E-state index contributed by atoms with van der Waals surface area (Å²) in [7, 11) is 0. The summed E-state index contributed by atoms with van der Waals surface area (Å²) in [6, 6.07) is 19.4. The lowest BCUT2D eigenvalue weighted by atomic mass is 10.0. The summed E-state index contributed by atoms with van der Waals surface area (Å²) < 4.78 is 2.42. The Balaban J connectivity index is 1.53. The Morgan fingerprint density at radius 2 is 1.58 bits per heavy atom. The molecule has 5 heteroatoms. The second-order valence-electron chi connectivity index (χ2n) is 7.18. The predicted molar refractivity (Wildman–Crippen MR) is 106 cm³/mol. The monoisotopic (exact) mass is 381 g/mol. The fourth-order valence-electron chi connectivity index (χ4n) is 3.36. The maximum atomic E-state index is 6.11. The third-order valence-electron chi connectivity index (χ3n) is 5.04. The Kier molecular flexibility index (Phi) is 4.26. The zero-order chi connectivity index (χ0) is 17.5. The van der Waals surface area contributed by atoms with Crippen LogP contribution >= 0.6 is 23.4 Å². The molecule has 0 amide bonds. The molecule has 132 valence electrons. The maximum absolute atomic E-state index is 6.11. The summed E-state index contributed by atoms with van der Waals surface area (Å²) >= 11 is 7.92. The highest BCUT2D eigenvalue weighted by molar-refractivity contribution is 7.99. The van der Waals surface area contributed by atoms with Gasteiger partial charge in [-0.3, -0.25) is 0 Å². The van der Waals surface area contributed by atoms with Gasteiger partial charge in [0.25, 0.3) is 0 Å². The van der Waals surface area contributed by atoms with Crippen molar-refractivity contribution in [3.8, 4) is 0 Å². The van der Waals surface area contributed by atoms with E-state index in [0.29, 0.717) is 12.0 Å². The van der Waals surface area contributed by atoms with Gasteiger partial charge in [0.15, 0.2) is 5.16 Å². The molecule has 0 aliphatic heterocycles. The van der Waals surface area contributed by atoms with Crippen molar-refractivity contribution in [2.45, 2.75) is 48.0 Å². The molecule has 0 spiro atoms. The summed E-state index contributed by atoms with van der Waals surface area (Å²) in [5.74, 6) is 1.83. The van der Waals surface area contributed by atoms with Gasteiger partial charge in [-0.25, -0.2) is 0 Å². The summed E-state index contributed by atoms with van der Waals surface area (Å²) in [5.41, 5.74) is 2.52. The molecular formula is C21H20ClN3S. The highest BCUT2D eigenvalue weighted by Gasteiger charge is 2.37.